The monoisotopic (exact) mass is 258 g/mol. The number of hydrogen-bond acceptors (Lipinski definition) is 2. The van der Waals surface area contributed by atoms with E-state index in [1.165, 1.54) is 12.2 Å². The first-order valence-electron chi connectivity index (χ1n) is 5.00. The Morgan fingerprint density at radius 3 is 2.35 bits per heavy atom. The van der Waals surface area contributed by atoms with Crippen molar-refractivity contribution in [3.05, 3.63) is 12.2 Å². The van der Waals surface area contributed by atoms with Crippen LogP contribution in [-0.4, -0.2) is 30.6 Å². The van der Waals surface area contributed by atoms with E-state index in [9.17, 15) is 26.7 Å². The van der Waals surface area contributed by atoms with Gasteiger partial charge in [-0.2, -0.15) is 22.0 Å². The van der Waals surface area contributed by atoms with Crippen molar-refractivity contribution in [2.45, 2.75) is 43.6 Å². The number of alkyl halides is 5. The first-order valence-corrected chi connectivity index (χ1v) is 5.00. The van der Waals surface area contributed by atoms with Crippen LogP contribution in [0, 0.1) is 0 Å². The number of rotatable bonds is 6. The number of halogens is 5. The van der Waals surface area contributed by atoms with Crippen LogP contribution in [0.15, 0.2) is 12.2 Å². The van der Waals surface area contributed by atoms with Crippen LogP contribution in [0.2, 0.25) is 0 Å². The highest BCUT2D eigenvalue weighted by Crippen LogP contribution is 2.40. The summed E-state index contributed by atoms with van der Waals surface area (Å²) in [6.45, 7) is 0. The lowest BCUT2D eigenvalue weighted by atomic mass is 10.1. The van der Waals surface area contributed by atoms with Crippen LogP contribution >= 0.6 is 0 Å². The van der Waals surface area contributed by atoms with Gasteiger partial charge in [0.15, 0.2) is 0 Å². The largest absolute Gasteiger partial charge is 0.453 e. The minimum absolute atomic E-state index is 0.125. The van der Waals surface area contributed by atoms with E-state index in [0.717, 1.165) is 0 Å². The van der Waals surface area contributed by atoms with Gasteiger partial charge in [-0.05, 0) is 18.9 Å². The van der Waals surface area contributed by atoms with Crippen molar-refractivity contribution in [3.8, 4) is 0 Å². The lowest BCUT2D eigenvalue weighted by molar-refractivity contribution is -0.284. The number of hydrogen-bond donors (Lipinski definition) is 0. The molecular weight excluding hydrogens is 247 g/mol. The Balaban J connectivity index is 2.22. The van der Waals surface area contributed by atoms with E-state index in [1.54, 1.807) is 0 Å². The quantitative estimate of drug-likeness (QED) is 0.317. The number of ether oxygens (including phenoxy) is 1. The van der Waals surface area contributed by atoms with Crippen LogP contribution in [0.3, 0.4) is 0 Å². The van der Waals surface area contributed by atoms with Gasteiger partial charge in [0.2, 0.25) is 0 Å². The average molecular weight is 258 g/mol. The van der Waals surface area contributed by atoms with Crippen LogP contribution in [0.4, 0.5) is 22.0 Å². The maximum absolute atomic E-state index is 12.5. The lowest BCUT2D eigenvalue weighted by Crippen LogP contribution is -2.36. The molecule has 1 aliphatic rings. The second-order valence-corrected chi connectivity index (χ2v) is 3.75. The molecular formula is C10H11F5O2. The summed E-state index contributed by atoms with van der Waals surface area (Å²) in [7, 11) is 0. The first-order chi connectivity index (χ1) is 7.78. The molecule has 0 unspecified atom stereocenters. The molecule has 0 saturated carbocycles. The van der Waals surface area contributed by atoms with Crippen LogP contribution in [-0.2, 0) is 9.53 Å². The summed E-state index contributed by atoms with van der Waals surface area (Å²) < 4.78 is 65.3. The topological polar surface area (TPSA) is 29.6 Å². The molecule has 1 saturated heterocycles. The van der Waals surface area contributed by atoms with Crippen LogP contribution in [0.5, 0.6) is 0 Å². The zero-order chi connectivity index (χ0) is 13.1. The van der Waals surface area contributed by atoms with Crippen molar-refractivity contribution in [2.75, 3.05) is 0 Å². The van der Waals surface area contributed by atoms with E-state index in [-0.39, 0.29) is 25.0 Å². The Morgan fingerprint density at radius 2 is 1.82 bits per heavy atom. The van der Waals surface area contributed by atoms with Crippen molar-refractivity contribution < 1.29 is 31.5 Å². The van der Waals surface area contributed by atoms with E-state index in [1.807, 2.05) is 0 Å². The zero-order valence-corrected chi connectivity index (χ0v) is 8.71. The molecule has 0 bridgehead atoms. The van der Waals surface area contributed by atoms with E-state index in [2.05, 4.69) is 0 Å². The molecule has 0 radical (unpaired) electrons. The molecule has 98 valence electrons. The summed E-state index contributed by atoms with van der Waals surface area (Å²) in [5.74, 6) is -4.64. The van der Waals surface area contributed by atoms with Crippen LogP contribution in [0.25, 0.3) is 0 Å². The van der Waals surface area contributed by atoms with Gasteiger partial charge in [0.05, 0.1) is 6.10 Å². The molecule has 1 heterocycles. The van der Waals surface area contributed by atoms with E-state index in [4.69, 9.17) is 4.74 Å². The molecule has 0 aromatic heterocycles. The highest BCUT2D eigenvalue weighted by Gasteiger charge is 2.56. The average Bonchev–Trinajstić information content (AvgIpc) is 2.91. The molecule has 0 aromatic carbocycles. The van der Waals surface area contributed by atoms with E-state index < -0.39 is 18.5 Å². The van der Waals surface area contributed by atoms with Gasteiger partial charge in [0, 0.05) is 6.42 Å². The van der Waals surface area contributed by atoms with Crippen molar-refractivity contribution in [2.24, 2.45) is 0 Å². The Labute approximate surface area is 94.4 Å². The third-order valence-electron chi connectivity index (χ3n) is 2.40. The second kappa shape index (κ2) is 5.12. The smallest absolute Gasteiger partial charge is 0.365 e. The highest BCUT2D eigenvalue weighted by atomic mass is 19.4. The SMILES string of the molecule is O=CC=C[C@H]1O[C@@H]1CCCC(F)(F)C(F)(F)F. The zero-order valence-electron chi connectivity index (χ0n) is 8.71. The van der Waals surface area contributed by atoms with Gasteiger partial charge in [-0.15, -0.1) is 0 Å². The maximum Gasteiger partial charge on any atom is 0.453 e. The third-order valence-corrected chi connectivity index (χ3v) is 2.40. The number of carbonyl (C=O) groups is 1. The van der Waals surface area contributed by atoms with Crippen molar-refractivity contribution in [3.63, 3.8) is 0 Å². The van der Waals surface area contributed by atoms with Gasteiger partial charge < -0.3 is 4.74 Å². The number of allylic oxidation sites excluding steroid dienone is 1. The number of aldehydes is 1. The van der Waals surface area contributed by atoms with E-state index in [0.29, 0.717) is 6.29 Å². The van der Waals surface area contributed by atoms with Crippen molar-refractivity contribution >= 4 is 6.29 Å². The predicted molar refractivity (Wildman–Crippen MR) is 48.7 cm³/mol. The first kappa shape index (κ1) is 14.1. The summed E-state index contributed by atoms with van der Waals surface area (Å²) in [5, 5.41) is 0. The Kier molecular flexibility index (Phi) is 4.24. The fourth-order valence-electron chi connectivity index (χ4n) is 1.38. The fraction of sp³-hybridized carbons (Fsp3) is 0.700. The van der Waals surface area contributed by atoms with Crippen molar-refractivity contribution in [1.29, 1.82) is 0 Å². The third kappa shape index (κ3) is 4.07. The molecule has 2 nitrogen and oxygen atoms in total. The molecule has 1 fully saturated rings. The minimum Gasteiger partial charge on any atom is -0.365 e. The summed E-state index contributed by atoms with van der Waals surface area (Å²) in [6.07, 6.45) is -4.38. The van der Waals surface area contributed by atoms with Gasteiger partial charge in [0.25, 0.3) is 0 Å². The molecule has 0 spiro atoms. The second-order valence-electron chi connectivity index (χ2n) is 3.75. The van der Waals surface area contributed by atoms with Gasteiger partial charge >= 0.3 is 12.1 Å². The molecule has 7 heteroatoms. The Morgan fingerprint density at radius 1 is 1.18 bits per heavy atom. The van der Waals surface area contributed by atoms with Gasteiger partial charge in [-0.1, -0.05) is 6.08 Å². The van der Waals surface area contributed by atoms with Crippen LogP contribution < -0.4 is 0 Å². The number of carbonyl (C=O) groups excluding carboxylic acids is 1. The molecule has 1 aliphatic heterocycles. The molecule has 1 rings (SSSR count). The normalized spacial score (nSPS) is 25.2. The molecule has 0 aromatic rings. The molecule has 0 aliphatic carbocycles. The summed E-state index contributed by atoms with van der Waals surface area (Å²) in [5.41, 5.74) is 0. The van der Waals surface area contributed by atoms with Crippen molar-refractivity contribution in [1.82, 2.24) is 0 Å². The maximum atomic E-state index is 12.5. The predicted octanol–water partition coefficient (Wildman–Crippen LogP) is 2.88. The Bertz CT molecular complexity index is 298. The molecule has 17 heavy (non-hydrogen) atoms. The molecule has 0 N–H and O–H groups in total. The summed E-state index contributed by atoms with van der Waals surface area (Å²) in [4.78, 5) is 9.93. The van der Waals surface area contributed by atoms with Gasteiger partial charge in [-0.25, -0.2) is 0 Å². The standard InChI is InChI=1S/C10H11F5O2/c11-9(12,10(13,14)15)5-1-3-7-8(17-7)4-2-6-16/h2,4,6-8H,1,3,5H2/t7-,8-/m1/s1. The van der Waals surface area contributed by atoms with E-state index >= 15 is 0 Å². The van der Waals surface area contributed by atoms with Gasteiger partial charge in [-0.3, -0.25) is 4.79 Å². The van der Waals surface area contributed by atoms with Gasteiger partial charge in [0.1, 0.15) is 12.4 Å². The summed E-state index contributed by atoms with van der Waals surface area (Å²) >= 11 is 0. The molecule has 2 atom stereocenters. The minimum atomic E-state index is -5.49. The Hall–Kier alpha value is -0.980. The number of epoxide rings is 1. The molecule has 0 amide bonds. The fourth-order valence-corrected chi connectivity index (χ4v) is 1.38. The van der Waals surface area contributed by atoms with Crippen LogP contribution in [0.1, 0.15) is 19.3 Å². The highest BCUT2D eigenvalue weighted by molar-refractivity contribution is 5.64. The lowest BCUT2D eigenvalue weighted by Gasteiger charge is -2.18. The summed E-state index contributed by atoms with van der Waals surface area (Å²) in [6, 6.07) is 0.